The van der Waals surface area contributed by atoms with Crippen LogP contribution in [0, 0.1) is 5.41 Å². The van der Waals surface area contributed by atoms with Gasteiger partial charge in [0.25, 0.3) is 0 Å². The summed E-state index contributed by atoms with van der Waals surface area (Å²) < 4.78 is 0. The van der Waals surface area contributed by atoms with Crippen molar-refractivity contribution in [2.45, 2.75) is 65.7 Å². The molecule has 1 aliphatic heterocycles. The molecule has 1 rings (SSSR count). The number of hydrogen-bond acceptors (Lipinski definition) is 1. The molecule has 0 unspecified atom stereocenters. The average molecular weight is 225 g/mol. The molecule has 94 valence electrons. The third-order valence-corrected chi connectivity index (χ3v) is 3.91. The van der Waals surface area contributed by atoms with E-state index in [1.807, 2.05) is 0 Å². The molecule has 1 saturated heterocycles. The molecule has 0 aromatic heterocycles. The van der Waals surface area contributed by atoms with Crippen LogP contribution >= 0.6 is 0 Å². The first-order valence-electron chi connectivity index (χ1n) is 6.83. The quantitative estimate of drug-likeness (QED) is 0.700. The van der Waals surface area contributed by atoms with Crippen molar-refractivity contribution in [3.8, 4) is 0 Å². The van der Waals surface area contributed by atoms with Gasteiger partial charge < -0.3 is 4.90 Å². The summed E-state index contributed by atoms with van der Waals surface area (Å²) in [7, 11) is 0. The van der Waals surface area contributed by atoms with Gasteiger partial charge in [-0.25, -0.2) is 0 Å². The van der Waals surface area contributed by atoms with E-state index in [0.29, 0.717) is 11.3 Å². The van der Waals surface area contributed by atoms with Crippen molar-refractivity contribution in [1.29, 1.82) is 0 Å². The first kappa shape index (κ1) is 13.5. The lowest BCUT2D eigenvalue weighted by atomic mass is 9.84. The Balaban J connectivity index is 2.19. The lowest BCUT2D eigenvalue weighted by Gasteiger charge is -2.27. The molecule has 0 N–H and O–H groups in total. The van der Waals surface area contributed by atoms with Crippen molar-refractivity contribution < 1.29 is 4.79 Å². The van der Waals surface area contributed by atoms with Gasteiger partial charge in [0.1, 0.15) is 0 Å². The maximum absolute atomic E-state index is 11.9. The molecule has 0 aliphatic carbocycles. The standard InChI is InChI=1S/C14H27NO/c1-4-14(2,3)10-8-9-13(16)15-11-6-5-7-12-15/h4-12H2,1-3H3. The Labute approximate surface area is 100 Å². The van der Waals surface area contributed by atoms with Crippen LogP contribution in [-0.2, 0) is 4.79 Å². The number of nitrogens with zero attached hydrogens (tertiary/aromatic N) is 1. The number of carbonyl (C=O) groups is 1. The van der Waals surface area contributed by atoms with Crippen molar-refractivity contribution in [3.05, 3.63) is 0 Å². The third-order valence-electron chi connectivity index (χ3n) is 3.91. The summed E-state index contributed by atoms with van der Waals surface area (Å²) >= 11 is 0. The number of amides is 1. The van der Waals surface area contributed by atoms with E-state index in [4.69, 9.17) is 0 Å². The summed E-state index contributed by atoms with van der Waals surface area (Å²) in [6, 6.07) is 0. The van der Waals surface area contributed by atoms with Crippen LogP contribution < -0.4 is 0 Å². The Morgan fingerprint density at radius 1 is 1.19 bits per heavy atom. The first-order valence-corrected chi connectivity index (χ1v) is 6.83. The van der Waals surface area contributed by atoms with Gasteiger partial charge in [-0.1, -0.05) is 27.2 Å². The minimum Gasteiger partial charge on any atom is -0.343 e. The molecule has 16 heavy (non-hydrogen) atoms. The van der Waals surface area contributed by atoms with Gasteiger partial charge in [-0.15, -0.1) is 0 Å². The fourth-order valence-electron chi connectivity index (χ4n) is 2.20. The molecule has 0 spiro atoms. The van der Waals surface area contributed by atoms with E-state index in [2.05, 4.69) is 25.7 Å². The average Bonchev–Trinajstić information content (AvgIpc) is 2.30. The summed E-state index contributed by atoms with van der Waals surface area (Å²) in [5, 5.41) is 0. The van der Waals surface area contributed by atoms with Crippen LogP contribution in [0.2, 0.25) is 0 Å². The highest BCUT2D eigenvalue weighted by atomic mass is 16.2. The van der Waals surface area contributed by atoms with Gasteiger partial charge in [0.05, 0.1) is 0 Å². The second-order valence-electron chi connectivity index (χ2n) is 5.81. The van der Waals surface area contributed by atoms with Crippen molar-refractivity contribution >= 4 is 5.91 Å². The van der Waals surface area contributed by atoms with Crippen LogP contribution in [0.1, 0.15) is 65.7 Å². The fraction of sp³-hybridized carbons (Fsp3) is 0.929. The summed E-state index contributed by atoms with van der Waals surface area (Å²) in [6.07, 6.45) is 7.87. The molecule has 2 nitrogen and oxygen atoms in total. The van der Waals surface area contributed by atoms with E-state index in [-0.39, 0.29) is 0 Å². The minimum absolute atomic E-state index is 0.381. The van der Waals surface area contributed by atoms with Crippen LogP contribution in [0.4, 0.5) is 0 Å². The lowest BCUT2D eigenvalue weighted by molar-refractivity contribution is -0.132. The van der Waals surface area contributed by atoms with Gasteiger partial charge in [-0.2, -0.15) is 0 Å². The molecule has 1 heterocycles. The molecule has 1 fully saturated rings. The van der Waals surface area contributed by atoms with Gasteiger partial charge in [0.2, 0.25) is 5.91 Å². The Kier molecular flexibility index (Phi) is 5.30. The smallest absolute Gasteiger partial charge is 0.222 e. The van der Waals surface area contributed by atoms with Crippen LogP contribution in [0.3, 0.4) is 0 Å². The fourth-order valence-corrected chi connectivity index (χ4v) is 2.20. The molecular formula is C14H27NO. The monoisotopic (exact) mass is 225 g/mol. The Bertz CT molecular complexity index is 217. The van der Waals surface area contributed by atoms with E-state index in [0.717, 1.165) is 25.9 Å². The first-order chi connectivity index (χ1) is 7.55. The number of rotatable bonds is 5. The predicted octanol–water partition coefficient (Wildman–Crippen LogP) is 3.61. The Morgan fingerprint density at radius 3 is 2.38 bits per heavy atom. The molecule has 0 radical (unpaired) electrons. The minimum atomic E-state index is 0.381. The van der Waals surface area contributed by atoms with E-state index in [9.17, 15) is 4.79 Å². The van der Waals surface area contributed by atoms with E-state index >= 15 is 0 Å². The van der Waals surface area contributed by atoms with Gasteiger partial charge in [0.15, 0.2) is 0 Å². The summed E-state index contributed by atoms with van der Waals surface area (Å²) in [5.41, 5.74) is 0.405. The van der Waals surface area contributed by atoms with Gasteiger partial charge in [0, 0.05) is 19.5 Å². The second kappa shape index (κ2) is 6.27. The SMILES string of the molecule is CCC(C)(C)CCCC(=O)N1CCCCC1. The molecule has 1 amide bonds. The van der Waals surface area contributed by atoms with Crippen LogP contribution in [-0.4, -0.2) is 23.9 Å². The molecule has 0 aromatic rings. The molecule has 2 heteroatoms. The van der Waals surface area contributed by atoms with Crippen molar-refractivity contribution in [1.82, 2.24) is 4.90 Å². The number of carbonyl (C=O) groups excluding carboxylic acids is 1. The van der Waals surface area contributed by atoms with Crippen molar-refractivity contribution in [3.63, 3.8) is 0 Å². The van der Waals surface area contributed by atoms with Crippen LogP contribution in [0.15, 0.2) is 0 Å². The predicted molar refractivity (Wildman–Crippen MR) is 68.4 cm³/mol. The zero-order valence-corrected chi connectivity index (χ0v) is 11.2. The highest BCUT2D eigenvalue weighted by molar-refractivity contribution is 5.76. The maximum Gasteiger partial charge on any atom is 0.222 e. The van der Waals surface area contributed by atoms with Crippen LogP contribution in [0.5, 0.6) is 0 Å². The largest absolute Gasteiger partial charge is 0.343 e. The Morgan fingerprint density at radius 2 is 1.81 bits per heavy atom. The number of piperidine rings is 1. The van der Waals surface area contributed by atoms with E-state index in [1.165, 1.54) is 32.1 Å². The lowest BCUT2D eigenvalue weighted by Crippen LogP contribution is -2.35. The van der Waals surface area contributed by atoms with Crippen molar-refractivity contribution in [2.75, 3.05) is 13.1 Å². The second-order valence-corrected chi connectivity index (χ2v) is 5.81. The number of hydrogen-bond donors (Lipinski definition) is 0. The third kappa shape index (κ3) is 4.54. The summed E-state index contributed by atoms with van der Waals surface area (Å²) in [5.74, 6) is 0.381. The summed E-state index contributed by atoms with van der Waals surface area (Å²) in [6.45, 7) is 8.80. The van der Waals surface area contributed by atoms with Crippen LogP contribution in [0.25, 0.3) is 0 Å². The zero-order valence-electron chi connectivity index (χ0n) is 11.2. The molecule has 0 aromatic carbocycles. The van der Waals surface area contributed by atoms with Gasteiger partial charge in [-0.05, 0) is 37.5 Å². The Hall–Kier alpha value is -0.530. The highest BCUT2D eigenvalue weighted by Crippen LogP contribution is 2.27. The topological polar surface area (TPSA) is 20.3 Å². The van der Waals surface area contributed by atoms with Gasteiger partial charge in [-0.3, -0.25) is 4.79 Å². The normalized spacial score (nSPS) is 17.6. The molecular weight excluding hydrogens is 198 g/mol. The molecule has 0 atom stereocenters. The molecule has 0 bridgehead atoms. The van der Waals surface area contributed by atoms with E-state index in [1.54, 1.807) is 0 Å². The van der Waals surface area contributed by atoms with Gasteiger partial charge >= 0.3 is 0 Å². The zero-order chi connectivity index (χ0) is 12.0. The molecule has 0 saturated carbocycles. The number of likely N-dealkylation sites (tertiary alicyclic amines) is 1. The van der Waals surface area contributed by atoms with E-state index < -0.39 is 0 Å². The molecule has 1 aliphatic rings. The maximum atomic E-state index is 11.9. The highest BCUT2D eigenvalue weighted by Gasteiger charge is 2.18. The van der Waals surface area contributed by atoms with Crippen molar-refractivity contribution in [2.24, 2.45) is 5.41 Å². The summed E-state index contributed by atoms with van der Waals surface area (Å²) in [4.78, 5) is 14.0.